The van der Waals surface area contributed by atoms with Gasteiger partial charge in [-0.3, -0.25) is 9.67 Å². The molecule has 1 aliphatic rings. The van der Waals surface area contributed by atoms with Gasteiger partial charge >= 0.3 is 0 Å². The molecule has 23 heavy (non-hydrogen) atoms. The van der Waals surface area contributed by atoms with Crippen molar-refractivity contribution in [2.24, 2.45) is 12.0 Å². The maximum Gasteiger partial charge on any atom is 0.193 e. The SMILES string of the molecule is CN=C(NCCCOCCOC)N1CCC(c2cnn(C)c2)C1. The van der Waals surface area contributed by atoms with Crippen LogP contribution in [0.5, 0.6) is 0 Å². The lowest BCUT2D eigenvalue weighted by atomic mass is 10.0. The summed E-state index contributed by atoms with van der Waals surface area (Å²) in [5.74, 6) is 1.52. The summed E-state index contributed by atoms with van der Waals surface area (Å²) in [6.45, 7) is 4.95. The highest BCUT2D eigenvalue weighted by molar-refractivity contribution is 5.80. The van der Waals surface area contributed by atoms with Crippen LogP contribution in [0.2, 0.25) is 0 Å². The van der Waals surface area contributed by atoms with Gasteiger partial charge in [-0.25, -0.2) is 0 Å². The van der Waals surface area contributed by atoms with E-state index in [4.69, 9.17) is 9.47 Å². The van der Waals surface area contributed by atoms with Crippen molar-refractivity contribution < 1.29 is 9.47 Å². The van der Waals surface area contributed by atoms with Crippen LogP contribution in [0.3, 0.4) is 0 Å². The molecule has 0 bridgehead atoms. The van der Waals surface area contributed by atoms with Gasteiger partial charge in [0.1, 0.15) is 0 Å². The van der Waals surface area contributed by atoms with Crippen molar-refractivity contribution in [3.8, 4) is 0 Å². The molecule has 1 atom stereocenters. The summed E-state index contributed by atoms with van der Waals surface area (Å²) in [5, 5.41) is 7.70. The molecule has 0 amide bonds. The van der Waals surface area contributed by atoms with Crippen molar-refractivity contribution >= 4 is 5.96 Å². The average Bonchev–Trinajstić information content (AvgIpc) is 3.19. The van der Waals surface area contributed by atoms with Gasteiger partial charge in [0.25, 0.3) is 0 Å². The Morgan fingerprint density at radius 2 is 2.30 bits per heavy atom. The number of aryl methyl sites for hydroxylation is 1. The average molecular weight is 323 g/mol. The first kappa shape index (κ1) is 17.7. The Kier molecular flexibility index (Phi) is 7.35. The lowest BCUT2D eigenvalue weighted by molar-refractivity contribution is 0.0698. The van der Waals surface area contributed by atoms with Gasteiger partial charge in [0.2, 0.25) is 0 Å². The molecule has 0 saturated carbocycles. The minimum absolute atomic E-state index is 0.541. The maximum absolute atomic E-state index is 5.46. The molecule has 1 aromatic heterocycles. The summed E-state index contributed by atoms with van der Waals surface area (Å²) in [5.41, 5.74) is 1.32. The monoisotopic (exact) mass is 323 g/mol. The smallest absolute Gasteiger partial charge is 0.193 e. The van der Waals surface area contributed by atoms with Gasteiger partial charge in [0, 0.05) is 59.6 Å². The molecular formula is C16H29N5O2. The number of aliphatic imine (C=N–C) groups is 1. The van der Waals surface area contributed by atoms with Crippen LogP contribution in [-0.2, 0) is 16.5 Å². The largest absolute Gasteiger partial charge is 0.382 e. The van der Waals surface area contributed by atoms with E-state index >= 15 is 0 Å². The number of nitrogens with one attached hydrogen (secondary N) is 1. The zero-order valence-electron chi connectivity index (χ0n) is 14.5. The summed E-state index contributed by atoms with van der Waals surface area (Å²) in [7, 11) is 5.49. The molecule has 1 N–H and O–H groups in total. The number of nitrogens with zero attached hydrogens (tertiary/aromatic N) is 4. The highest BCUT2D eigenvalue weighted by atomic mass is 16.5. The van der Waals surface area contributed by atoms with Crippen molar-refractivity contribution in [1.82, 2.24) is 20.0 Å². The van der Waals surface area contributed by atoms with E-state index in [0.717, 1.165) is 45.0 Å². The number of guanidine groups is 1. The summed E-state index contributed by atoms with van der Waals surface area (Å²) < 4.78 is 12.3. The first-order valence-corrected chi connectivity index (χ1v) is 8.25. The van der Waals surface area contributed by atoms with Crippen molar-refractivity contribution in [3.05, 3.63) is 18.0 Å². The minimum Gasteiger partial charge on any atom is -0.382 e. The predicted octanol–water partition coefficient (Wildman–Crippen LogP) is 0.838. The molecule has 2 rings (SSSR count). The van der Waals surface area contributed by atoms with Crippen molar-refractivity contribution in [1.29, 1.82) is 0 Å². The fourth-order valence-corrected chi connectivity index (χ4v) is 2.83. The molecule has 7 nitrogen and oxygen atoms in total. The quantitative estimate of drug-likeness (QED) is 0.436. The number of rotatable bonds is 8. The van der Waals surface area contributed by atoms with Gasteiger partial charge in [-0.15, -0.1) is 0 Å². The van der Waals surface area contributed by atoms with E-state index in [1.807, 2.05) is 25.0 Å². The second kappa shape index (κ2) is 9.52. The van der Waals surface area contributed by atoms with E-state index in [1.165, 1.54) is 5.56 Å². The van der Waals surface area contributed by atoms with E-state index < -0.39 is 0 Å². The molecule has 2 heterocycles. The fraction of sp³-hybridized carbons (Fsp3) is 0.750. The molecule has 1 saturated heterocycles. The molecule has 130 valence electrons. The molecular weight excluding hydrogens is 294 g/mol. The molecule has 1 unspecified atom stereocenters. The fourth-order valence-electron chi connectivity index (χ4n) is 2.83. The molecule has 0 radical (unpaired) electrons. The van der Waals surface area contributed by atoms with E-state index in [1.54, 1.807) is 7.11 Å². The third kappa shape index (κ3) is 5.51. The third-order valence-electron chi connectivity index (χ3n) is 4.08. The van der Waals surface area contributed by atoms with Crippen molar-refractivity contribution in [2.75, 3.05) is 53.6 Å². The zero-order valence-corrected chi connectivity index (χ0v) is 14.5. The Morgan fingerprint density at radius 1 is 1.43 bits per heavy atom. The Labute approximate surface area is 138 Å². The van der Waals surface area contributed by atoms with Crippen molar-refractivity contribution in [2.45, 2.75) is 18.8 Å². The second-order valence-electron chi connectivity index (χ2n) is 5.81. The lowest BCUT2D eigenvalue weighted by Crippen LogP contribution is -2.40. The molecule has 0 aromatic carbocycles. The van der Waals surface area contributed by atoms with Gasteiger partial charge in [0.15, 0.2) is 5.96 Å². The zero-order chi connectivity index (χ0) is 16.5. The van der Waals surface area contributed by atoms with Crippen LogP contribution in [0.4, 0.5) is 0 Å². The first-order valence-electron chi connectivity index (χ1n) is 8.25. The Bertz CT molecular complexity index is 489. The predicted molar refractivity (Wildman–Crippen MR) is 90.8 cm³/mol. The maximum atomic E-state index is 5.46. The van der Waals surface area contributed by atoms with Crippen LogP contribution in [0.25, 0.3) is 0 Å². The number of likely N-dealkylation sites (tertiary alicyclic amines) is 1. The first-order chi connectivity index (χ1) is 11.2. The summed E-state index contributed by atoms with van der Waals surface area (Å²) >= 11 is 0. The Hall–Kier alpha value is -1.60. The highest BCUT2D eigenvalue weighted by Gasteiger charge is 2.26. The van der Waals surface area contributed by atoms with Crippen LogP contribution in [0.15, 0.2) is 17.4 Å². The van der Waals surface area contributed by atoms with E-state index in [-0.39, 0.29) is 0 Å². The van der Waals surface area contributed by atoms with E-state index in [0.29, 0.717) is 19.1 Å². The van der Waals surface area contributed by atoms with E-state index in [9.17, 15) is 0 Å². The number of methoxy groups -OCH3 is 1. The van der Waals surface area contributed by atoms with Crippen molar-refractivity contribution in [3.63, 3.8) is 0 Å². The van der Waals surface area contributed by atoms with Gasteiger partial charge in [0.05, 0.1) is 19.4 Å². The minimum atomic E-state index is 0.541. The van der Waals surface area contributed by atoms with E-state index in [2.05, 4.69) is 26.5 Å². The molecule has 7 heteroatoms. The number of aromatic nitrogens is 2. The van der Waals surface area contributed by atoms with Crippen LogP contribution in [0, 0.1) is 0 Å². The molecule has 1 fully saturated rings. The van der Waals surface area contributed by atoms with Crippen LogP contribution in [-0.4, -0.2) is 74.3 Å². The van der Waals surface area contributed by atoms with Crippen LogP contribution < -0.4 is 5.32 Å². The molecule has 0 aliphatic carbocycles. The molecule has 1 aromatic rings. The second-order valence-corrected chi connectivity index (χ2v) is 5.81. The lowest BCUT2D eigenvalue weighted by Gasteiger charge is -2.21. The van der Waals surface area contributed by atoms with Gasteiger partial charge in [-0.2, -0.15) is 5.10 Å². The topological polar surface area (TPSA) is 63.9 Å². The summed E-state index contributed by atoms with van der Waals surface area (Å²) in [6, 6.07) is 0. The molecule has 0 spiro atoms. The van der Waals surface area contributed by atoms with Gasteiger partial charge < -0.3 is 19.7 Å². The van der Waals surface area contributed by atoms with Crippen LogP contribution in [0.1, 0.15) is 24.3 Å². The standard InChI is InChI=1S/C16H29N5O2/c1-17-16(18-6-4-8-23-10-9-22-3)21-7-5-14(13-21)15-11-19-20(2)12-15/h11-12,14H,4-10,13H2,1-3H3,(H,17,18). The summed E-state index contributed by atoms with van der Waals surface area (Å²) in [6.07, 6.45) is 6.19. The summed E-state index contributed by atoms with van der Waals surface area (Å²) in [4.78, 5) is 6.72. The Morgan fingerprint density at radius 3 is 3.00 bits per heavy atom. The van der Waals surface area contributed by atoms with Gasteiger partial charge in [-0.05, 0) is 18.4 Å². The number of ether oxygens (including phenoxy) is 2. The highest BCUT2D eigenvalue weighted by Crippen LogP contribution is 2.26. The molecule has 1 aliphatic heterocycles. The van der Waals surface area contributed by atoms with Crippen LogP contribution >= 0.6 is 0 Å². The van der Waals surface area contributed by atoms with Gasteiger partial charge in [-0.1, -0.05) is 0 Å². The Balaban J connectivity index is 1.68. The normalized spacial score (nSPS) is 18.7. The third-order valence-corrected chi connectivity index (χ3v) is 4.08. The number of hydrogen-bond donors (Lipinski definition) is 1. The number of hydrogen-bond acceptors (Lipinski definition) is 4.